The van der Waals surface area contributed by atoms with Crippen LogP contribution in [0.1, 0.15) is 40.5 Å². The Hall–Kier alpha value is -0.300. The van der Waals surface area contributed by atoms with Gasteiger partial charge in [0.05, 0.1) is 6.10 Å². The molecule has 2 aliphatic carbocycles. The van der Waals surface area contributed by atoms with E-state index in [1.165, 1.54) is 6.42 Å². The van der Waals surface area contributed by atoms with Gasteiger partial charge in [0.25, 0.3) is 0 Å². The van der Waals surface area contributed by atoms with Gasteiger partial charge < -0.3 is 5.11 Å². The minimum absolute atomic E-state index is 0.0904. The number of aliphatic hydroxyl groups excluding tert-OH is 1. The molecule has 0 aromatic rings. The van der Waals surface area contributed by atoms with E-state index in [1.54, 1.807) is 0 Å². The van der Waals surface area contributed by atoms with Crippen LogP contribution in [0.4, 0.5) is 0 Å². The van der Waals surface area contributed by atoms with Gasteiger partial charge in [-0.25, -0.2) is 0 Å². The Balaban J connectivity index is 2.10. The first-order valence-electron chi connectivity index (χ1n) is 6.87. The van der Waals surface area contributed by atoms with Crippen molar-refractivity contribution in [2.75, 3.05) is 0 Å². The van der Waals surface area contributed by atoms with Gasteiger partial charge in [0.15, 0.2) is 0 Å². The lowest BCUT2D eigenvalue weighted by atomic mass is 9.72. The third kappa shape index (κ3) is 2.07. The Labute approximate surface area is 99.9 Å². The lowest BCUT2D eigenvalue weighted by Gasteiger charge is -2.35. The monoisotopic (exact) mass is 222 g/mol. The van der Waals surface area contributed by atoms with Gasteiger partial charge in [-0.3, -0.25) is 0 Å². The van der Waals surface area contributed by atoms with Gasteiger partial charge in [-0.05, 0) is 48.3 Å². The normalized spacial score (nSPS) is 38.9. The fourth-order valence-electron chi connectivity index (χ4n) is 4.02. The van der Waals surface area contributed by atoms with E-state index in [0.717, 1.165) is 12.3 Å². The first-order chi connectivity index (χ1) is 7.50. The minimum atomic E-state index is -0.0904. The molecule has 0 aromatic heterocycles. The summed E-state index contributed by atoms with van der Waals surface area (Å²) in [5, 5.41) is 10.4. The van der Waals surface area contributed by atoms with E-state index in [4.69, 9.17) is 0 Å². The zero-order chi connectivity index (χ0) is 11.9. The van der Waals surface area contributed by atoms with Crippen molar-refractivity contribution in [2.24, 2.45) is 35.5 Å². The molecule has 2 unspecified atom stereocenters. The summed E-state index contributed by atoms with van der Waals surface area (Å²) in [5.41, 5.74) is 0. The van der Waals surface area contributed by atoms with Gasteiger partial charge in [0.2, 0.25) is 0 Å². The third-order valence-corrected chi connectivity index (χ3v) is 4.51. The Bertz CT molecular complexity index is 267. The highest BCUT2D eigenvalue weighted by Crippen LogP contribution is 2.52. The average molecular weight is 222 g/mol. The summed E-state index contributed by atoms with van der Waals surface area (Å²) < 4.78 is 0. The largest absolute Gasteiger partial charge is 0.393 e. The topological polar surface area (TPSA) is 20.2 Å². The van der Waals surface area contributed by atoms with Crippen LogP contribution in [0.5, 0.6) is 0 Å². The Morgan fingerprint density at radius 2 is 1.62 bits per heavy atom. The molecule has 2 rings (SSSR count). The Kier molecular flexibility index (Phi) is 3.44. The van der Waals surface area contributed by atoms with Gasteiger partial charge >= 0.3 is 0 Å². The van der Waals surface area contributed by atoms with Crippen molar-refractivity contribution in [3.63, 3.8) is 0 Å². The van der Waals surface area contributed by atoms with Crippen molar-refractivity contribution in [3.05, 3.63) is 12.2 Å². The van der Waals surface area contributed by atoms with Crippen LogP contribution in [-0.2, 0) is 0 Å². The zero-order valence-corrected chi connectivity index (χ0v) is 11.1. The molecule has 1 N–H and O–H groups in total. The van der Waals surface area contributed by atoms with E-state index in [1.807, 2.05) is 0 Å². The molecule has 0 radical (unpaired) electrons. The van der Waals surface area contributed by atoms with Crippen LogP contribution >= 0.6 is 0 Å². The molecule has 0 aliphatic heterocycles. The van der Waals surface area contributed by atoms with Gasteiger partial charge in [0.1, 0.15) is 0 Å². The van der Waals surface area contributed by atoms with Gasteiger partial charge in [-0.1, -0.05) is 39.8 Å². The van der Waals surface area contributed by atoms with Crippen LogP contribution in [0, 0.1) is 35.5 Å². The van der Waals surface area contributed by atoms with Crippen LogP contribution in [0.3, 0.4) is 0 Å². The number of fused-ring (bicyclic) bond motifs is 2. The first kappa shape index (κ1) is 12.2. The molecule has 2 bridgehead atoms. The smallest absolute Gasteiger partial charge is 0.0579 e. The fraction of sp³-hybridized carbons (Fsp3) is 0.867. The van der Waals surface area contributed by atoms with Crippen molar-refractivity contribution in [2.45, 2.75) is 46.6 Å². The maximum atomic E-state index is 10.4. The van der Waals surface area contributed by atoms with Gasteiger partial charge in [0, 0.05) is 0 Å². The SMILES string of the molecule is CC(C)C[C@H](O)C1C(C(C)C)[C@@H]2C=C[C@H]1C2. The van der Waals surface area contributed by atoms with Gasteiger partial charge in [-0.15, -0.1) is 0 Å². The lowest BCUT2D eigenvalue weighted by molar-refractivity contribution is 0.0340. The van der Waals surface area contributed by atoms with Crippen molar-refractivity contribution < 1.29 is 5.11 Å². The molecule has 92 valence electrons. The lowest BCUT2D eigenvalue weighted by Crippen LogP contribution is -2.34. The molecule has 0 aromatic carbocycles. The summed E-state index contributed by atoms with van der Waals surface area (Å²) >= 11 is 0. The third-order valence-electron chi connectivity index (χ3n) is 4.51. The maximum absolute atomic E-state index is 10.4. The van der Waals surface area contributed by atoms with E-state index in [2.05, 4.69) is 39.8 Å². The summed E-state index contributed by atoms with van der Waals surface area (Å²) in [5.74, 6) is 3.95. The molecule has 0 heterocycles. The van der Waals surface area contributed by atoms with E-state index in [-0.39, 0.29) is 6.10 Å². The average Bonchev–Trinajstić information content (AvgIpc) is 2.74. The van der Waals surface area contributed by atoms with Crippen molar-refractivity contribution >= 4 is 0 Å². The first-order valence-corrected chi connectivity index (χ1v) is 6.87. The van der Waals surface area contributed by atoms with Crippen LogP contribution in [0.15, 0.2) is 12.2 Å². The van der Waals surface area contributed by atoms with Crippen molar-refractivity contribution in [1.82, 2.24) is 0 Å². The minimum Gasteiger partial charge on any atom is -0.393 e. The Morgan fingerprint density at radius 3 is 2.12 bits per heavy atom. The second kappa shape index (κ2) is 4.52. The zero-order valence-electron chi connectivity index (χ0n) is 11.1. The van der Waals surface area contributed by atoms with E-state index < -0.39 is 0 Å². The molecule has 1 fully saturated rings. The standard InChI is InChI=1S/C15H26O/c1-9(2)7-13(16)15-12-6-5-11(8-12)14(15)10(3)4/h5-6,9-16H,7-8H2,1-4H3/t11-,12+,13+,14?,15?/m1/s1. The van der Waals surface area contributed by atoms with Gasteiger partial charge in [-0.2, -0.15) is 0 Å². The summed E-state index contributed by atoms with van der Waals surface area (Å²) in [7, 11) is 0. The van der Waals surface area contributed by atoms with Crippen LogP contribution in [0.2, 0.25) is 0 Å². The summed E-state index contributed by atoms with van der Waals surface area (Å²) in [6.45, 7) is 9.04. The molecular formula is C15H26O. The highest BCUT2D eigenvalue weighted by molar-refractivity contribution is 5.15. The number of hydrogen-bond donors (Lipinski definition) is 1. The Morgan fingerprint density at radius 1 is 1.06 bits per heavy atom. The van der Waals surface area contributed by atoms with Crippen LogP contribution < -0.4 is 0 Å². The number of aliphatic hydroxyl groups is 1. The number of allylic oxidation sites excluding steroid dienone is 2. The quantitative estimate of drug-likeness (QED) is 0.722. The van der Waals surface area contributed by atoms with Crippen LogP contribution in [0.25, 0.3) is 0 Å². The molecule has 5 atom stereocenters. The molecular weight excluding hydrogens is 196 g/mol. The van der Waals surface area contributed by atoms with Crippen LogP contribution in [-0.4, -0.2) is 11.2 Å². The van der Waals surface area contributed by atoms with E-state index in [9.17, 15) is 5.11 Å². The second-order valence-electron chi connectivity index (χ2n) is 6.54. The highest BCUT2D eigenvalue weighted by Gasteiger charge is 2.48. The molecule has 1 heteroatoms. The molecule has 1 nitrogen and oxygen atoms in total. The predicted molar refractivity (Wildman–Crippen MR) is 68.0 cm³/mol. The summed E-state index contributed by atoms with van der Waals surface area (Å²) in [4.78, 5) is 0. The van der Waals surface area contributed by atoms with E-state index >= 15 is 0 Å². The number of rotatable bonds is 4. The molecule has 1 saturated carbocycles. The maximum Gasteiger partial charge on any atom is 0.0579 e. The predicted octanol–water partition coefficient (Wildman–Crippen LogP) is 3.49. The fourth-order valence-corrected chi connectivity index (χ4v) is 4.02. The van der Waals surface area contributed by atoms with E-state index in [0.29, 0.717) is 29.6 Å². The van der Waals surface area contributed by atoms with Crippen molar-refractivity contribution in [3.8, 4) is 0 Å². The molecule has 0 spiro atoms. The van der Waals surface area contributed by atoms with Crippen molar-refractivity contribution in [1.29, 1.82) is 0 Å². The molecule has 0 saturated heterocycles. The number of hydrogen-bond acceptors (Lipinski definition) is 1. The molecule has 0 amide bonds. The summed E-state index contributed by atoms with van der Waals surface area (Å²) in [6.07, 6.45) is 6.92. The highest BCUT2D eigenvalue weighted by atomic mass is 16.3. The second-order valence-corrected chi connectivity index (χ2v) is 6.54. The molecule has 2 aliphatic rings. The molecule has 16 heavy (non-hydrogen) atoms. The summed E-state index contributed by atoms with van der Waals surface area (Å²) in [6, 6.07) is 0.